The Labute approximate surface area is 116 Å². The summed E-state index contributed by atoms with van der Waals surface area (Å²) in [6.45, 7) is 3.28. The number of amides is 1. The number of hydrogen-bond donors (Lipinski definition) is 1. The van der Waals surface area contributed by atoms with Crippen LogP contribution in [0, 0.1) is 13.8 Å². The van der Waals surface area contributed by atoms with E-state index in [2.05, 4.69) is 5.32 Å². The molecule has 0 atom stereocenters. The fourth-order valence-corrected chi connectivity index (χ4v) is 1.64. The van der Waals surface area contributed by atoms with Crippen LogP contribution in [0.5, 0.6) is 0 Å². The van der Waals surface area contributed by atoms with Crippen molar-refractivity contribution in [1.29, 1.82) is 0 Å². The molecule has 0 aliphatic heterocycles. The van der Waals surface area contributed by atoms with Crippen LogP contribution >= 0.6 is 0 Å². The number of anilines is 1. The first kappa shape index (κ1) is 13.9. The largest absolute Gasteiger partial charge is 0.469 e. The Bertz CT molecular complexity index is 613. The fraction of sp³-hybridized carbons (Fsp3) is 0.200. The van der Waals surface area contributed by atoms with Gasteiger partial charge in [0.2, 0.25) is 0 Å². The summed E-state index contributed by atoms with van der Waals surface area (Å²) in [5.74, 6) is -0.493. The van der Waals surface area contributed by atoms with Crippen LogP contribution in [0.3, 0.4) is 0 Å². The highest BCUT2D eigenvalue weighted by atomic mass is 16.5. The molecule has 1 N–H and O–H groups in total. The number of aryl methyl sites for hydroxylation is 2. The molecule has 20 heavy (non-hydrogen) atoms. The van der Waals surface area contributed by atoms with Gasteiger partial charge in [-0.25, -0.2) is 4.79 Å². The molecule has 0 unspecified atom stereocenters. The number of benzene rings is 1. The van der Waals surface area contributed by atoms with Gasteiger partial charge in [-0.05, 0) is 32.0 Å². The normalized spacial score (nSPS) is 10.1. The zero-order valence-electron chi connectivity index (χ0n) is 11.3. The molecule has 1 amide bonds. The van der Waals surface area contributed by atoms with Crippen LogP contribution in [0.1, 0.15) is 21.7 Å². The van der Waals surface area contributed by atoms with Gasteiger partial charge in [0.05, 0.1) is 6.26 Å². The van der Waals surface area contributed by atoms with E-state index >= 15 is 0 Å². The lowest BCUT2D eigenvalue weighted by Crippen LogP contribution is -2.21. The summed E-state index contributed by atoms with van der Waals surface area (Å²) < 4.78 is 9.91. The molecule has 0 bridgehead atoms. The van der Waals surface area contributed by atoms with Gasteiger partial charge in [0, 0.05) is 5.69 Å². The second-order valence-electron chi connectivity index (χ2n) is 4.38. The summed E-state index contributed by atoms with van der Waals surface area (Å²) in [6.07, 6.45) is 1.40. The number of ether oxygens (including phenoxy) is 1. The highest BCUT2D eigenvalue weighted by Gasteiger charge is 2.14. The maximum absolute atomic E-state index is 11.7. The summed E-state index contributed by atoms with van der Waals surface area (Å²) in [4.78, 5) is 23.3. The van der Waals surface area contributed by atoms with Crippen molar-refractivity contribution < 1.29 is 18.7 Å². The van der Waals surface area contributed by atoms with E-state index in [0.717, 1.165) is 5.56 Å². The predicted molar refractivity (Wildman–Crippen MR) is 73.5 cm³/mol. The fourth-order valence-electron chi connectivity index (χ4n) is 1.64. The third-order valence-corrected chi connectivity index (χ3v) is 2.75. The lowest BCUT2D eigenvalue weighted by molar-refractivity contribution is -0.119. The zero-order chi connectivity index (χ0) is 14.5. The second kappa shape index (κ2) is 6.06. The molecule has 0 fully saturated rings. The molecule has 1 aromatic carbocycles. The van der Waals surface area contributed by atoms with Gasteiger partial charge >= 0.3 is 5.97 Å². The first-order valence-corrected chi connectivity index (χ1v) is 6.14. The van der Waals surface area contributed by atoms with Gasteiger partial charge < -0.3 is 14.5 Å². The van der Waals surface area contributed by atoms with Crippen LogP contribution in [0.2, 0.25) is 0 Å². The van der Waals surface area contributed by atoms with E-state index < -0.39 is 5.97 Å². The molecule has 0 aliphatic carbocycles. The Morgan fingerprint density at radius 3 is 2.45 bits per heavy atom. The van der Waals surface area contributed by atoms with Crippen molar-refractivity contribution in [2.24, 2.45) is 0 Å². The minimum absolute atomic E-state index is 0.327. The molecule has 0 saturated carbocycles. The molecule has 0 saturated heterocycles. The Kier molecular flexibility index (Phi) is 4.20. The maximum atomic E-state index is 11.7. The van der Waals surface area contributed by atoms with Crippen molar-refractivity contribution in [3.05, 3.63) is 53.5 Å². The van der Waals surface area contributed by atoms with Crippen LogP contribution in [0.15, 0.2) is 41.0 Å². The number of hydrogen-bond acceptors (Lipinski definition) is 4. The van der Waals surface area contributed by atoms with Crippen LogP contribution in [0.25, 0.3) is 0 Å². The van der Waals surface area contributed by atoms with Gasteiger partial charge in [-0.2, -0.15) is 0 Å². The highest BCUT2D eigenvalue weighted by Crippen LogP contribution is 2.11. The van der Waals surface area contributed by atoms with Crippen molar-refractivity contribution in [2.45, 2.75) is 13.8 Å². The first-order valence-electron chi connectivity index (χ1n) is 6.14. The molecule has 1 heterocycles. The van der Waals surface area contributed by atoms with Crippen LogP contribution in [0.4, 0.5) is 5.69 Å². The smallest absolute Gasteiger partial charge is 0.342 e. The molecule has 104 valence electrons. The monoisotopic (exact) mass is 273 g/mol. The number of esters is 1. The first-order chi connectivity index (χ1) is 9.56. The molecule has 0 spiro atoms. The molecule has 0 radical (unpaired) electrons. The van der Waals surface area contributed by atoms with Gasteiger partial charge in [-0.15, -0.1) is 0 Å². The van der Waals surface area contributed by atoms with Crippen molar-refractivity contribution >= 4 is 17.6 Å². The quantitative estimate of drug-likeness (QED) is 0.870. The molecular weight excluding hydrogens is 258 g/mol. The van der Waals surface area contributed by atoms with E-state index in [1.165, 1.54) is 12.3 Å². The predicted octanol–water partition coefficient (Wildman–Crippen LogP) is 2.69. The lowest BCUT2D eigenvalue weighted by atomic mass is 10.2. The summed E-state index contributed by atoms with van der Waals surface area (Å²) in [7, 11) is 0. The van der Waals surface area contributed by atoms with E-state index in [0.29, 0.717) is 17.0 Å². The third kappa shape index (κ3) is 3.47. The van der Waals surface area contributed by atoms with Crippen molar-refractivity contribution in [3.63, 3.8) is 0 Å². The lowest BCUT2D eigenvalue weighted by Gasteiger charge is -2.06. The third-order valence-electron chi connectivity index (χ3n) is 2.75. The van der Waals surface area contributed by atoms with E-state index in [-0.39, 0.29) is 12.5 Å². The molecule has 2 aromatic rings. The Hall–Kier alpha value is -2.56. The number of nitrogens with one attached hydrogen (secondary N) is 1. The maximum Gasteiger partial charge on any atom is 0.342 e. The van der Waals surface area contributed by atoms with Gasteiger partial charge in [0.1, 0.15) is 11.3 Å². The topological polar surface area (TPSA) is 68.5 Å². The van der Waals surface area contributed by atoms with E-state index in [1.807, 2.05) is 19.1 Å². The molecule has 2 rings (SSSR count). The Morgan fingerprint density at radius 2 is 1.85 bits per heavy atom. The van der Waals surface area contributed by atoms with Gasteiger partial charge in [-0.3, -0.25) is 4.79 Å². The summed E-state index contributed by atoms with van der Waals surface area (Å²) in [5.41, 5.74) is 2.09. The van der Waals surface area contributed by atoms with Crippen molar-refractivity contribution in [2.75, 3.05) is 11.9 Å². The van der Waals surface area contributed by atoms with Gasteiger partial charge in [-0.1, -0.05) is 17.7 Å². The number of carbonyl (C=O) groups excluding carboxylic acids is 2. The van der Waals surface area contributed by atoms with E-state index in [1.54, 1.807) is 19.1 Å². The van der Waals surface area contributed by atoms with E-state index in [9.17, 15) is 9.59 Å². The summed E-state index contributed by atoms with van der Waals surface area (Å²) >= 11 is 0. The van der Waals surface area contributed by atoms with Gasteiger partial charge in [0.25, 0.3) is 5.91 Å². The molecular formula is C15H15NO4. The molecule has 5 nitrogen and oxygen atoms in total. The minimum atomic E-state index is -0.574. The SMILES string of the molecule is Cc1ccc(NC(=O)COC(=O)c2ccoc2C)cc1. The number of furan rings is 1. The zero-order valence-corrected chi connectivity index (χ0v) is 11.3. The van der Waals surface area contributed by atoms with Crippen LogP contribution in [-0.2, 0) is 9.53 Å². The van der Waals surface area contributed by atoms with Crippen molar-refractivity contribution in [3.8, 4) is 0 Å². The molecule has 0 aliphatic rings. The number of carbonyl (C=O) groups is 2. The molecule has 5 heteroatoms. The van der Waals surface area contributed by atoms with Crippen LogP contribution in [-0.4, -0.2) is 18.5 Å². The standard InChI is InChI=1S/C15H15NO4/c1-10-3-5-12(6-4-10)16-14(17)9-20-15(18)13-7-8-19-11(13)2/h3-8H,9H2,1-2H3,(H,16,17). The Morgan fingerprint density at radius 1 is 1.15 bits per heavy atom. The second-order valence-corrected chi connectivity index (χ2v) is 4.38. The van der Waals surface area contributed by atoms with Crippen LogP contribution < -0.4 is 5.32 Å². The Balaban J connectivity index is 1.85. The van der Waals surface area contributed by atoms with Gasteiger partial charge in [0.15, 0.2) is 6.61 Å². The average Bonchev–Trinajstić information content (AvgIpc) is 2.85. The van der Waals surface area contributed by atoms with E-state index in [4.69, 9.17) is 9.15 Å². The highest BCUT2D eigenvalue weighted by molar-refractivity contribution is 5.95. The molecule has 1 aromatic heterocycles. The summed E-state index contributed by atoms with van der Waals surface area (Å²) in [5, 5.41) is 2.64. The average molecular weight is 273 g/mol. The summed E-state index contributed by atoms with van der Waals surface area (Å²) in [6, 6.07) is 8.85. The number of rotatable bonds is 4. The minimum Gasteiger partial charge on any atom is -0.469 e. The van der Waals surface area contributed by atoms with Crippen molar-refractivity contribution in [1.82, 2.24) is 0 Å².